The second-order valence-corrected chi connectivity index (χ2v) is 4.39. The Kier molecular flexibility index (Phi) is 4.09. The van der Waals surface area contributed by atoms with E-state index in [1.54, 1.807) is 0 Å². The van der Waals surface area contributed by atoms with Crippen LogP contribution in [0, 0.1) is 0 Å². The molecule has 1 aromatic heterocycles. The van der Waals surface area contributed by atoms with E-state index in [1.165, 1.54) is 0 Å². The van der Waals surface area contributed by atoms with Crippen molar-refractivity contribution in [3.8, 4) is 0 Å². The van der Waals surface area contributed by atoms with Gasteiger partial charge in [-0.3, -0.25) is 0 Å². The van der Waals surface area contributed by atoms with Gasteiger partial charge in [-0.25, -0.2) is 0 Å². The fourth-order valence-corrected chi connectivity index (χ4v) is 1.88. The van der Waals surface area contributed by atoms with Crippen LogP contribution < -0.4 is 5.73 Å². The molecular formula is C11H19N3O3. The van der Waals surface area contributed by atoms with Crippen LogP contribution in [0.4, 0.5) is 0 Å². The zero-order chi connectivity index (χ0) is 12.1. The van der Waals surface area contributed by atoms with Crippen molar-refractivity contribution in [1.29, 1.82) is 0 Å². The van der Waals surface area contributed by atoms with Crippen LogP contribution in [-0.2, 0) is 21.7 Å². The number of hydrogen-bond acceptors (Lipinski definition) is 6. The number of hydrogen-bond donors (Lipinski definition) is 1. The van der Waals surface area contributed by atoms with E-state index in [4.69, 9.17) is 19.7 Å². The normalized spacial score (nSPS) is 25.1. The van der Waals surface area contributed by atoms with Gasteiger partial charge in [0.15, 0.2) is 0 Å². The molecule has 0 radical (unpaired) electrons. The molecule has 2 N–H and O–H groups in total. The maximum Gasteiger partial charge on any atom is 0.252 e. The molecule has 0 saturated carbocycles. The van der Waals surface area contributed by atoms with Crippen LogP contribution in [-0.4, -0.2) is 29.9 Å². The number of aromatic nitrogens is 2. The second kappa shape index (κ2) is 5.57. The Morgan fingerprint density at radius 1 is 1.47 bits per heavy atom. The lowest BCUT2D eigenvalue weighted by atomic mass is 9.95. The summed E-state index contributed by atoms with van der Waals surface area (Å²) in [4.78, 5) is 4.31. The molecule has 6 nitrogen and oxygen atoms in total. The Labute approximate surface area is 100 Å². The van der Waals surface area contributed by atoms with Gasteiger partial charge in [-0.15, -0.1) is 0 Å². The highest BCUT2D eigenvalue weighted by Gasteiger charge is 2.34. The fourth-order valence-electron chi connectivity index (χ4n) is 1.88. The summed E-state index contributed by atoms with van der Waals surface area (Å²) < 4.78 is 16.1. The van der Waals surface area contributed by atoms with Crippen LogP contribution >= 0.6 is 0 Å². The summed E-state index contributed by atoms with van der Waals surface area (Å²) >= 11 is 0. The van der Waals surface area contributed by atoms with Gasteiger partial charge in [0, 0.05) is 13.2 Å². The van der Waals surface area contributed by atoms with Gasteiger partial charge in [0.25, 0.3) is 5.89 Å². The lowest BCUT2D eigenvalue weighted by Crippen LogP contribution is -2.31. The van der Waals surface area contributed by atoms with Crippen LogP contribution in [0.5, 0.6) is 0 Å². The summed E-state index contributed by atoms with van der Waals surface area (Å²) in [6.45, 7) is 4.04. The second-order valence-electron chi connectivity index (χ2n) is 4.39. The zero-order valence-electron chi connectivity index (χ0n) is 10.1. The van der Waals surface area contributed by atoms with Gasteiger partial charge in [0.05, 0.1) is 6.61 Å². The largest absolute Gasteiger partial charge is 0.370 e. The van der Waals surface area contributed by atoms with Crippen LogP contribution in [0.1, 0.15) is 37.9 Å². The van der Waals surface area contributed by atoms with Crippen molar-refractivity contribution in [3.05, 3.63) is 11.7 Å². The number of ether oxygens (including phenoxy) is 2. The molecule has 2 heterocycles. The number of nitrogens with two attached hydrogens (primary N) is 1. The van der Waals surface area contributed by atoms with E-state index in [-0.39, 0.29) is 0 Å². The highest BCUT2D eigenvalue weighted by atomic mass is 16.5. The molecule has 2 rings (SSSR count). The monoisotopic (exact) mass is 241 g/mol. The molecule has 0 bridgehead atoms. The number of nitrogens with zero attached hydrogens (tertiary/aromatic N) is 2. The predicted octanol–water partition coefficient (Wildman–Crippen LogP) is 0.961. The maximum atomic E-state index is 5.74. The summed E-state index contributed by atoms with van der Waals surface area (Å²) in [6.07, 6.45) is 3.15. The highest BCUT2D eigenvalue weighted by molar-refractivity contribution is 5.00. The summed E-state index contributed by atoms with van der Waals surface area (Å²) in [6, 6.07) is 0. The lowest BCUT2D eigenvalue weighted by molar-refractivity contribution is -0.0770. The smallest absolute Gasteiger partial charge is 0.252 e. The first-order chi connectivity index (χ1) is 8.24. The molecule has 0 spiro atoms. The molecule has 6 heteroatoms. The van der Waals surface area contributed by atoms with Gasteiger partial charge in [0.2, 0.25) is 5.82 Å². The third-order valence-corrected chi connectivity index (χ3v) is 2.90. The SMILES string of the molecule is CC1(c2noc(COCCN)n2)CCCCO1. The molecule has 0 amide bonds. The van der Waals surface area contributed by atoms with Crippen LogP contribution in [0.3, 0.4) is 0 Å². The van der Waals surface area contributed by atoms with Crippen LogP contribution in [0.2, 0.25) is 0 Å². The number of rotatable bonds is 5. The first-order valence-corrected chi connectivity index (χ1v) is 5.99. The molecule has 1 aliphatic rings. The van der Waals surface area contributed by atoms with E-state index >= 15 is 0 Å². The minimum absolute atomic E-state index is 0.306. The van der Waals surface area contributed by atoms with Gasteiger partial charge in [-0.05, 0) is 26.2 Å². The molecule has 17 heavy (non-hydrogen) atoms. The minimum atomic E-state index is -0.409. The van der Waals surface area contributed by atoms with Gasteiger partial charge in [-0.2, -0.15) is 4.98 Å². The minimum Gasteiger partial charge on any atom is -0.370 e. The lowest BCUT2D eigenvalue weighted by Gasteiger charge is -2.30. The summed E-state index contributed by atoms with van der Waals surface area (Å²) in [7, 11) is 0. The topological polar surface area (TPSA) is 83.4 Å². The van der Waals surface area contributed by atoms with Crippen molar-refractivity contribution in [2.45, 2.75) is 38.4 Å². The quantitative estimate of drug-likeness (QED) is 0.773. The summed E-state index contributed by atoms with van der Waals surface area (Å²) in [5.41, 5.74) is 4.92. The van der Waals surface area contributed by atoms with Gasteiger partial charge in [0.1, 0.15) is 12.2 Å². The summed E-state index contributed by atoms with van der Waals surface area (Å²) in [5.74, 6) is 1.09. The molecule has 1 aromatic rings. The van der Waals surface area contributed by atoms with E-state index in [0.717, 1.165) is 25.9 Å². The molecular weight excluding hydrogens is 222 g/mol. The van der Waals surface area contributed by atoms with Crippen molar-refractivity contribution in [2.75, 3.05) is 19.8 Å². The molecule has 1 atom stereocenters. The highest BCUT2D eigenvalue weighted by Crippen LogP contribution is 2.32. The van der Waals surface area contributed by atoms with Gasteiger partial charge < -0.3 is 19.7 Å². The van der Waals surface area contributed by atoms with E-state index < -0.39 is 5.60 Å². The summed E-state index contributed by atoms with van der Waals surface area (Å²) in [5, 5.41) is 3.97. The Balaban J connectivity index is 1.96. The van der Waals surface area contributed by atoms with Crippen LogP contribution in [0.15, 0.2) is 4.52 Å². The molecule has 96 valence electrons. The maximum absolute atomic E-state index is 5.74. The molecule has 1 unspecified atom stereocenters. The third kappa shape index (κ3) is 3.02. The average Bonchev–Trinajstić information content (AvgIpc) is 2.80. The Hall–Kier alpha value is -0.980. The van der Waals surface area contributed by atoms with E-state index in [0.29, 0.717) is 31.5 Å². The Morgan fingerprint density at radius 3 is 3.06 bits per heavy atom. The Bertz CT molecular complexity index is 347. The van der Waals surface area contributed by atoms with Gasteiger partial charge in [-0.1, -0.05) is 5.16 Å². The van der Waals surface area contributed by atoms with E-state index in [9.17, 15) is 0 Å². The molecule has 1 fully saturated rings. The van der Waals surface area contributed by atoms with Gasteiger partial charge >= 0.3 is 0 Å². The van der Waals surface area contributed by atoms with Crippen LogP contribution in [0.25, 0.3) is 0 Å². The Morgan fingerprint density at radius 2 is 2.35 bits per heavy atom. The van der Waals surface area contributed by atoms with Crippen molar-refractivity contribution in [3.63, 3.8) is 0 Å². The standard InChI is InChI=1S/C11H19N3O3/c1-11(4-2-3-6-16-11)10-13-9(17-14-10)8-15-7-5-12/h2-8,12H2,1H3. The average molecular weight is 241 g/mol. The molecule has 0 aliphatic carbocycles. The molecule has 0 aromatic carbocycles. The fraction of sp³-hybridized carbons (Fsp3) is 0.818. The van der Waals surface area contributed by atoms with Crippen molar-refractivity contribution >= 4 is 0 Å². The van der Waals surface area contributed by atoms with Crippen molar-refractivity contribution < 1.29 is 14.0 Å². The predicted molar refractivity (Wildman–Crippen MR) is 60.2 cm³/mol. The molecule has 1 aliphatic heterocycles. The first-order valence-electron chi connectivity index (χ1n) is 5.99. The first kappa shape index (κ1) is 12.5. The van der Waals surface area contributed by atoms with Crippen molar-refractivity contribution in [1.82, 2.24) is 10.1 Å². The van der Waals surface area contributed by atoms with Crippen molar-refractivity contribution in [2.24, 2.45) is 5.73 Å². The van der Waals surface area contributed by atoms with E-state index in [2.05, 4.69) is 10.1 Å². The third-order valence-electron chi connectivity index (χ3n) is 2.90. The zero-order valence-corrected chi connectivity index (χ0v) is 10.1. The van der Waals surface area contributed by atoms with E-state index in [1.807, 2.05) is 6.92 Å². The molecule has 1 saturated heterocycles.